The minimum Gasteiger partial charge on any atom is -0.756 e. The van der Waals surface area contributed by atoms with Crippen LogP contribution in [0.2, 0.25) is 0 Å². The van der Waals surface area contributed by atoms with Gasteiger partial charge in [-0.15, -0.1) is 0 Å². The second-order valence-electron chi connectivity index (χ2n) is 17.1. The first-order valence-corrected chi connectivity index (χ1v) is 25.5. The van der Waals surface area contributed by atoms with Crippen LogP contribution in [0, 0.1) is 0 Å². The Bertz CT molecular complexity index is 1210. The summed E-state index contributed by atoms with van der Waals surface area (Å²) in [6.07, 6.45) is 51.1. The highest BCUT2D eigenvalue weighted by Gasteiger charge is 2.21. The smallest absolute Gasteiger partial charge is 0.306 e. The summed E-state index contributed by atoms with van der Waals surface area (Å²) in [5.41, 5.74) is 0. The van der Waals surface area contributed by atoms with E-state index in [0.717, 1.165) is 44.9 Å². The summed E-state index contributed by atoms with van der Waals surface area (Å²) in [5, 5.41) is 0. The molecule has 0 saturated carbocycles. The predicted molar refractivity (Wildman–Crippen MR) is 250 cm³/mol. The van der Waals surface area contributed by atoms with Gasteiger partial charge in [0.15, 0.2) is 6.10 Å². The fraction of sp³-hybridized carbons (Fsp3) is 0.760. The van der Waals surface area contributed by atoms with E-state index >= 15 is 0 Å². The largest absolute Gasteiger partial charge is 0.756 e. The minimum atomic E-state index is -4.64. The average Bonchev–Trinajstić information content (AvgIpc) is 3.20. The molecule has 348 valence electrons. The Morgan fingerprint density at radius 1 is 0.517 bits per heavy atom. The highest BCUT2D eigenvalue weighted by Crippen LogP contribution is 2.38. The lowest BCUT2D eigenvalue weighted by molar-refractivity contribution is -0.870. The third-order valence-electron chi connectivity index (χ3n) is 10.0. The highest BCUT2D eigenvalue weighted by atomic mass is 31.2. The fourth-order valence-electron chi connectivity index (χ4n) is 6.22. The van der Waals surface area contributed by atoms with Gasteiger partial charge in [0, 0.05) is 12.8 Å². The van der Waals surface area contributed by atoms with E-state index < -0.39 is 32.5 Å². The quantitative estimate of drug-likeness (QED) is 0.0196. The Morgan fingerprint density at radius 2 is 0.933 bits per heavy atom. The van der Waals surface area contributed by atoms with E-state index in [0.29, 0.717) is 23.9 Å². The maximum atomic E-state index is 12.7. The van der Waals surface area contributed by atoms with Crippen molar-refractivity contribution in [2.45, 2.75) is 200 Å². The van der Waals surface area contributed by atoms with Crippen LogP contribution in [0.1, 0.15) is 194 Å². The molecular weight excluding hydrogens is 774 g/mol. The lowest BCUT2D eigenvalue weighted by Crippen LogP contribution is -2.37. The van der Waals surface area contributed by atoms with Crippen LogP contribution in [-0.2, 0) is 32.7 Å². The van der Waals surface area contributed by atoms with Gasteiger partial charge in [-0.25, -0.2) is 0 Å². The summed E-state index contributed by atoms with van der Waals surface area (Å²) < 4.78 is 33.9. The van der Waals surface area contributed by atoms with Crippen molar-refractivity contribution < 1.29 is 42.1 Å². The third kappa shape index (κ3) is 45.2. The average molecular weight is 864 g/mol. The SMILES string of the molecule is CCCC/C=C/CCCCCCCCCCCC(=O)OC[C@H](COP(=O)([O-])OCC[N+](C)(C)C)OC(=O)CCC/C=C/C/C=C/C/C=C/C/C=C/CCCCCCCCC. The van der Waals surface area contributed by atoms with E-state index in [4.69, 9.17) is 18.5 Å². The Labute approximate surface area is 368 Å². The molecule has 0 heterocycles. The number of likely N-dealkylation sites (N-methyl/N-ethyl adjacent to an activating group) is 1. The van der Waals surface area contributed by atoms with E-state index in [1.807, 2.05) is 27.2 Å². The van der Waals surface area contributed by atoms with Crippen molar-refractivity contribution in [3.05, 3.63) is 60.8 Å². The molecule has 0 amide bonds. The van der Waals surface area contributed by atoms with Gasteiger partial charge in [-0.2, -0.15) is 0 Å². The molecule has 0 rings (SSSR count). The number of rotatable bonds is 43. The van der Waals surface area contributed by atoms with Gasteiger partial charge in [0.25, 0.3) is 7.82 Å². The molecule has 0 spiro atoms. The summed E-state index contributed by atoms with van der Waals surface area (Å²) in [4.78, 5) is 37.6. The predicted octanol–water partition coefficient (Wildman–Crippen LogP) is 13.4. The summed E-state index contributed by atoms with van der Waals surface area (Å²) in [7, 11) is 1.12. The van der Waals surface area contributed by atoms with Gasteiger partial charge < -0.3 is 27.9 Å². The number of hydrogen-bond donors (Lipinski definition) is 0. The lowest BCUT2D eigenvalue weighted by atomic mass is 10.1. The van der Waals surface area contributed by atoms with Gasteiger partial charge in [-0.05, 0) is 70.6 Å². The topological polar surface area (TPSA) is 111 Å². The maximum absolute atomic E-state index is 12.7. The van der Waals surface area contributed by atoms with Crippen LogP contribution >= 0.6 is 7.82 Å². The zero-order valence-corrected chi connectivity index (χ0v) is 40.0. The van der Waals surface area contributed by atoms with Gasteiger partial charge >= 0.3 is 11.9 Å². The molecule has 2 atom stereocenters. The normalized spacial score (nSPS) is 14.0. The lowest BCUT2D eigenvalue weighted by Gasteiger charge is -2.28. The van der Waals surface area contributed by atoms with Crippen molar-refractivity contribution in [1.82, 2.24) is 0 Å². The third-order valence-corrected chi connectivity index (χ3v) is 11.0. The van der Waals surface area contributed by atoms with Crippen molar-refractivity contribution in [2.24, 2.45) is 0 Å². The van der Waals surface area contributed by atoms with Crippen molar-refractivity contribution in [3.8, 4) is 0 Å². The summed E-state index contributed by atoms with van der Waals surface area (Å²) >= 11 is 0. The van der Waals surface area contributed by atoms with Crippen LogP contribution in [0.5, 0.6) is 0 Å². The molecule has 0 radical (unpaired) electrons. The maximum Gasteiger partial charge on any atom is 0.306 e. The number of phosphoric acid groups is 1. The molecule has 0 aromatic heterocycles. The minimum absolute atomic E-state index is 0.0432. The van der Waals surface area contributed by atoms with Gasteiger partial charge in [-0.1, -0.05) is 171 Å². The van der Waals surface area contributed by atoms with Crippen molar-refractivity contribution >= 4 is 19.8 Å². The molecule has 0 saturated heterocycles. The molecule has 0 fully saturated rings. The molecule has 0 bridgehead atoms. The van der Waals surface area contributed by atoms with Crippen LogP contribution in [0.25, 0.3) is 0 Å². The number of allylic oxidation sites excluding steroid dienone is 10. The first-order valence-electron chi connectivity index (χ1n) is 24.0. The Morgan fingerprint density at radius 3 is 1.45 bits per heavy atom. The zero-order valence-electron chi connectivity index (χ0n) is 39.1. The van der Waals surface area contributed by atoms with Crippen LogP contribution in [-0.4, -0.2) is 70.0 Å². The Balaban J connectivity index is 4.41. The monoisotopic (exact) mass is 864 g/mol. The van der Waals surface area contributed by atoms with Gasteiger partial charge in [-0.3, -0.25) is 14.2 Å². The molecule has 1 unspecified atom stereocenters. The molecule has 10 heteroatoms. The first-order chi connectivity index (χ1) is 29.0. The Hall–Kier alpha value is -2.29. The number of carbonyl (C=O) groups is 2. The molecule has 0 aromatic rings. The van der Waals surface area contributed by atoms with Gasteiger partial charge in [0.1, 0.15) is 19.8 Å². The standard InChI is InChI=1S/C50H90NO8P/c1-6-8-10-12-14-16-18-20-22-23-24-25-26-27-29-31-33-35-37-39-41-43-50(53)59-48(47-58-60(54,55)57-45-44-51(3,4)5)46-56-49(52)42-40-38-36-34-32-30-28-21-19-17-15-13-11-9-7-2/h13,15,22-23,25-26,29,31,35,37,48H,6-12,14,16-21,24,27-28,30,32-34,36,38-47H2,1-5H3/b15-13+,23-22+,26-25+,31-29+,37-35+/t48-/m1/s1. The summed E-state index contributed by atoms with van der Waals surface area (Å²) in [6, 6.07) is 0. The van der Waals surface area contributed by atoms with Crippen LogP contribution in [0.4, 0.5) is 0 Å². The summed E-state index contributed by atoms with van der Waals surface area (Å²) in [5.74, 6) is -0.903. The van der Waals surface area contributed by atoms with Gasteiger partial charge in [0.05, 0.1) is 27.7 Å². The number of unbranched alkanes of at least 4 members (excludes halogenated alkanes) is 19. The molecule has 0 aliphatic heterocycles. The van der Waals surface area contributed by atoms with Crippen molar-refractivity contribution in [3.63, 3.8) is 0 Å². The van der Waals surface area contributed by atoms with E-state index in [9.17, 15) is 19.0 Å². The van der Waals surface area contributed by atoms with E-state index in [1.54, 1.807) is 0 Å². The first kappa shape index (κ1) is 57.7. The molecule has 60 heavy (non-hydrogen) atoms. The molecule has 0 aliphatic carbocycles. The summed E-state index contributed by atoms with van der Waals surface area (Å²) in [6.45, 7) is 4.13. The van der Waals surface area contributed by atoms with Crippen LogP contribution in [0.15, 0.2) is 60.8 Å². The number of quaternary nitrogens is 1. The number of ether oxygens (including phenoxy) is 2. The van der Waals surface area contributed by atoms with E-state index in [2.05, 4.69) is 68.5 Å². The molecule has 0 aliphatic rings. The van der Waals surface area contributed by atoms with Crippen LogP contribution < -0.4 is 4.89 Å². The van der Waals surface area contributed by atoms with Crippen molar-refractivity contribution in [1.29, 1.82) is 0 Å². The highest BCUT2D eigenvalue weighted by molar-refractivity contribution is 7.45. The number of carbonyl (C=O) groups excluding carboxylic acids is 2. The molecule has 0 aromatic carbocycles. The number of esters is 2. The second kappa shape index (κ2) is 42.0. The molecular formula is C50H90NO8P. The Kier molecular flexibility index (Phi) is 40.4. The number of phosphoric ester groups is 1. The van der Waals surface area contributed by atoms with E-state index in [-0.39, 0.29) is 26.1 Å². The zero-order chi connectivity index (χ0) is 44.3. The second-order valence-corrected chi connectivity index (χ2v) is 18.5. The molecule has 0 N–H and O–H groups in total. The fourth-order valence-corrected chi connectivity index (χ4v) is 6.94. The van der Waals surface area contributed by atoms with Gasteiger partial charge in [0.2, 0.25) is 0 Å². The molecule has 9 nitrogen and oxygen atoms in total. The number of hydrogen-bond acceptors (Lipinski definition) is 8. The van der Waals surface area contributed by atoms with Crippen LogP contribution in [0.3, 0.4) is 0 Å². The van der Waals surface area contributed by atoms with Crippen molar-refractivity contribution in [2.75, 3.05) is 47.5 Å². The van der Waals surface area contributed by atoms with E-state index in [1.165, 1.54) is 109 Å². The number of nitrogens with zero attached hydrogens (tertiary/aromatic N) is 1.